The number of nitrogens with one attached hydrogen (secondary N) is 1. The number of amides is 1. The quantitative estimate of drug-likeness (QED) is 0.593. The van der Waals surface area contributed by atoms with Gasteiger partial charge in [0.05, 0.1) is 0 Å². The fourth-order valence-corrected chi connectivity index (χ4v) is 1.34. The molecule has 2 nitrogen and oxygen atoms in total. The third kappa shape index (κ3) is 1.15. The van der Waals surface area contributed by atoms with Gasteiger partial charge in [-0.3, -0.25) is 4.79 Å². The molecule has 1 atom stereocenters. The average molecular weight is 143 g/mol. The number of hydrogen-bond acceptors (Lipinski definition) is 1. The molecule has 60 valence electrons. The number of carbonyl (C=O) groups is 1. The van der Waals surface area contributed by atoms with Crippen LogP contribution in [0.5, 0.6) is 0 Å². The van der Waals surface area contributed by atoms with Gasteiger partial charge in [0.1, 0.15) is 0 Å². The van der Waals surface area contributed by atoms with Gasteiger partial charge in [0.2, 0.25) is 5.91 Å². The molecule has 1 heterocycles. The summed E-state index contributed by atoms with van der Waals surface area (Å²) in [7, 11) is 0. The van der Waals surface area contributed by atoms with Gasteiger partial charge in [-0.1, -0.05) is 13.8 Å². The molecule has 1 amide bonds. The average Bonchev–Trinajstić information content (AvgIpc) is 1.96. The molecule has 0 saturated carbocycles. The summed E-state index contributed by atoms with van der Waals surface area (Å²) in [5.74, 6) is 0.237. The molecular formula is C8H17NO. The van der Waals surface area contributed by atoms with Crippen molar-refractivity contribution in [3.8, 4) is 0 Å². The molecule has 0 aromatic heterocycles. The first-order valence-electron chi connectivity index (χ1n) is 3.97. The van der Waals surface area contributed by atoms with Crippen LogP contribution in [0.4, 0.5) is 0 Å². The maximum Gasteiger partial charge on any atom is 0.225 e. The molecule has 1 N–H and O–H groups in total. The summed E-state index contributed by atoms with van der Waals surface area (Å²) in [6.07, 6.45) is 3.14. The second-order valence-corrected chi connectivity index (χ2v) is 3.27. The van der Waals surface area contributed by atoms with Gasteiger partial charge in [-0.2, -0.15) is 0 Å². The van der Waals surface area contributed by atoms with Crippen LogP contribution in [-0.2, 0) is 4.79 Å². The predicted octanol–water partition coefficient (Wildman–Crippen LogP) is 1.56. The fourth-order valence-electron chi connectivity index (χ4n) is 1.34. The van der Waals surface area contributed by atoms with Gasteiger partial charge in [0.25, 0.3) is 0 Å². The van der Waals surface area contributed by atoms with Crippen molar-refractivity contribution in [2.24, 2.45) is 5.41 Å². The standard InChI is InChI=1S/C8H15NO.H2/c1-3-8(2)5-4-6-9-7(8)10;/h3-6H2,1-2H3,(H,9,10);1H. The van der Waals surface area contributed by atoms with Gasteiger partial charge in [-0.25, -0.2) is 0 Å². The third-order valence-corrected chi connectivity index (χ3v) is 2.52. The first-order chi connectivity index (χ1) is 4.69. The molecule has 0 aromatic carbocycles. The van der Waals surface area contributed by atoms with E-state index in [1.54, 1.807) is 0 Å². The fraction of sp³-hybridized carbons (Fsp3) is 0.875. The molecule has 1 rings (SSSR count). The largest absolute Gasteiger partial charge is 0.356 e. The summed E-state index contributed by atoms with van der Waals surface area (Å²) >= 11 is 0. The van der Waals surface area contributed by atoms with Crippen molar-refractivity contribution in [1.29, 1.82) is 0 Å². The molecule has 1 unspecified atom stereocenters. The van der Waals surface area contributed by atoms with Gasteiger partial charge < -0.3 is 5.32 Å². The zero-order chi connectivity index (χ0) is 7.61. The van der Waals surface area contributed by atoms with Crippen molar-refractivity contribution in [3.05, 3.63) is 0 Å². The van der Waals surface area contributed by atoms with E-state index >= 15 is 0 Å². The van der Waals surface area contributed by atoms with E-state index in [4.69, 9.17) is 0 Å². The Kier molecular flexibility index (Phi) is 1.97. The highest BCUT2D eigenvalue weighted by Crippen LogP contribution is 2.29. The minimum Gasteiger partial charge on any atom is -0.356 e. The maximum atomic E-state index is 11.2. The molecule has 2 heteroatoms. The van der Waals surface area contributed by atoms with E-state index in [1.165, 1.54) is 0 Å². The number of piperidine rings is 1. The number of hydrogen-bond donors (Lipinski definition) is 1. The molecule has 0 aliphatic carbocycles. The Labute approximate surface area is 63.5 Å². The van der Waals surface area contributed by atoms with Crippen molar-refractivity contribution in [2.75, 3.05) is 6.54 Å². The van der Waals surface area contributed by atoms with E-state index in [0.717, 1.165) is 25.8 Å². The lowest BCUT2D eigenvalue weighted by molar-refractivity contribution is -0.132. The zero-order valence-electron chi connectivity index (χ0n) is 6.74. The van der Waals surface area contributed by atoms with E-state index < -0.39 is 0 Å². The van der Waals surface area contributed by atoms with Crippen LogP contribution in [0.25, 0.3) is 0 Å². The smallest absolute Gasteiger partial charge is 0.225 e. The molecule has 0 radical (unpaired) electrons. The van der Waals surface area contributed by atoms with Gasteiger partial charge in [-0.05, 0) is 19.3 Å². The summed E-state index contributed by atoms with van der Waals surface area (Å²) in [5, 5.41) is 2.88. The van der Waals surface area contributed by atoms with Crippen molar-refractivity contribution in [3.63, 3.8) is 0 Å². The van der Waals surface area contributed by atoms with Crippen molar-refractivity contribution in [1.82, 2.24) is 5.32 Å². The Bertz CT molecular complexity index is 149. The molecule has 1 saturated heterocycles. The second-order valence-electron chi connectivity index (χ2n) is 3.27. The first-order valence-corrected chi connectivity index (χ1v) is 3.97. The highest BCUT2D eigenvalue weighted by molar-refractivity contribution is 5.82. The maximum absolute atomic E-state index is 11.2. The third-order valence-electron chi connectivity index (χ3n) is 2.52. The first kappa shape index (κ1) is 7.58. The molecule has 10 heavy (non-hydrogen) atoms. The Hall–Kier alpha value is -0.530. The summed E-state index contributed by atoms with van der Waals surface area (Å²) in [4.78, 5) is 11.2. The monoisotopic (exact) mass is 143 g/mol. The van der Waals surface area contributed by atoms with Crippen LogP contribution in [0.1, 0.15) is 34.5 Å². The number of rotatable bonds is 1. The van der Waals surface area contributed by atoms with Crippen LogP contribution in [0.15, 0.2) is 0 Å². The Morgan fingerprint density at radius 2 is 2.50 bits per heavy atom. The minimum atomic E-state index is -0.0712. The van der Waals surface area contributed by atoms with Gasteiger partial charge >= 0.3 is 0 Å². The summed E-state index contributed by atoms with van der Waals surface area (Å²) < 4.78 is 0. The molecule has 0 spiro atoms. The van der Waals surface area contributed by atoms with Crippen LogP contribution < -0.4 is 5.32 Å². The molecule has 0 bridgehead atoms. The highest BCUT2D eigenvalue weighted by atomic mass is 16.2. The van der Waals surface area contributed by atoms with E-state index in [9.17, 15) is 4.79 Å². The van der Waals surface area contributed by atoms with E-state index in [2.05, 4.69) is 12.2 Å². The molecule has 0 aromatic rings. The summed E-state index contributed by atoms with van der Waals surface area (Å²) in [6, 6.07) is 0. The SMILES string of the molecule is CCC1(C)CCCNC1=O.[HH]. The van der Waals surface area contributed by atoms with E-state index in [1.807, 2.05) is 6.92 Å². The lowest BCUT2D eigenvalue weighted by Gasteiger charge is -2.31. The topological polar surface area (TPSA) is 29.1 Å². The lowest BCUT2D eigenvalue weighted by Crippen LogP contribution is -2.43. The summed E-state index contributed by atoms with van der Waals surface area (Å²) in [6.45, 7) is 4.99. The molecule has 1 aliphatic heterocycles. The van der Waals surface area contributed by atoms with Gasteiger partial charge in [0.15, 0.2) is 0 Å². The minimum absolute atomic E-state index is 0. The Balaban J connectivity index is 0.000001000. The summed E-state index contributed by atoms with van der Waals surface area (Å²) in [5.41, 5.74) is -0.0712. The normalized spacial score (nSPS) is 33.6. The van der Waals surface area contributed by atoms with Gasteiger partial charge in [0, 0.05) is 13.4 Å². The number of carbonyl (C=O) groups excluding carboxylic acids is 1. The zero-order valence-corrected chi connectivity index (χ0v) is 6.74. The van der Waals surface area contributed by atoms with Crippen LogP contribution in [0.2, 0.25) is 0 Å². The Morgan fingerprint density at radius 3 is 2.90 bits per heavy atom. The van der Waals surface area contributed by atoms with Crippen LogP contribution in [0, 0.1) is 5.41 Å². The van der Waals surface area contributed by atoms with Crippen molar-refractivity contribution >= 4 is 5.91 Å². The van der Waals surface area contributed by atoms with E-state index in [0.29, 0.717) is 0 Å². The molecular weight excluding hydrogens is 126 g/mol. The van der Waals surface area contributed by atoms with Crippen LogP contribution in [-0.4, -0.2) is 12.5 Å². The van der Waals surface area contributed by atoms with Crippen molar-refractivity contribution < 1.29 is 6.22 Å². The lowest BCUT2D eigenvalue weighted by atomic mass is 9.80. The predicted molar refractivity (Wildman–Crippen MR) is 42.8 cm³/mol. The second kappa shape index (κ2) is 2.60. The van der Waals surface area contributed by atoms with Crippen LogP contribution in [0.3, 0.4) is 0 Å². The van der Waals surface area contributed by atoms with Crippen LogP contribution >= 0.6 is 0 Å². The van der Waals surface area contributed by atoms with Gasteiger partial charge in [-0.15, -0.1) is 0 Å². The van der Waals surface area contributed by atoms with E-state index in [-0.39, 0.29) is 12.7 Å². The highest BCUT2D eigenvalue weighted by Gasteiger charge is 2.32. The molecule has 1 fully saturated rings. The Morgan fingerprint density at radius 1 is 1.80 bits per heavy atom. The van der Waals surface area contributed by atoms with Crippen molar-refractivity contribution in [2.45, 2.75) is 33.1 Å². The molecule has 1 aliphatic rings.